The topological polar surface area (TPSA) is 96.6 Å². The van der Waals surface area contributed by atoms with Gasteiger partial charge in [-0.15, -0.1) is 0 Å². The van der Waals surface area contributed by atoms with Crippen LogP contribution in [0, 0.1) is 0 Å². The molecule has 8 nitrogen and oxygen atoms in total. The Morgan fingerprint density at radius 3 is 2.25 bits per heavy atom. The van der Waals surface area contributed by atoms with Crippen LogP contribution in [-0.2, 0) is 21.4 Å². The average Bonchev–Trinajstić information content (AvgIpc) is 3.17. The van der Waals surface area contributed by atoms with Gasteiger partial charge < -0.3 is 9.42 Å². The molecule has 0 aliphatic heterocycles. The van der Waals surface area contributed by atoms with E-state index in [1.54, 1.807) is 25.2 Å². The Hall–Kier alpha value is -3.04. The number of hydrogen-bond donors (Lipinski definition) is 0. The molecule has 1 amide bonds. The molecule has 2 aromatic carbocycles. The molecule has 146 valence electrons. The van der Waals surface area contributed by atoms with E-state index in [4.69, 9.17) is 4.52 Å². The van der Waals surface area contributed by atoms with Crippen molar-refractivity contribution < 1.29 is 17.7 Å². The summed E-state index contributed by atoms with van der Waals surface area (Å²) in [5, 5.41) is 3.91. The summed E-state index contributed by atoms with van der Waals surface area (Å²) in [7, 11) is -0.815. The van der Waals surface area contributed by atoms with Crippen LogP contribution < -0.4 is 0 Å². The largest absolute Gasteiger partial charge is 0.337 e. The van der Waals surface area contributed by atoms with E-state index in [2.05, 4.69) is 10.1 Å². The van der Waals surface area contributed by atoms with Crippen LogP contribution in [-0.4, -0.2) is 54.3 Å². The number of hydrogen-bond acceptors (Lipinski definition) is 6. The highest BCUT2D eigenvalue weighted by molar-refractivity contribution is 7.89. The van der Waals surface area contributed by atoms with Crippen LogP contribution in [0.4, 0.5) is 0 Å². The Labute approximate surface area is 163 Å². The Kier molecular flexibility index (Phi) is 5.86. The van der Waals surface area contributed by atoms with Gasteiger partial charge in [0.05, 0.1) is 18.0 Å². The summed E-state index contributed by atoms with van der Waals surface area (Å²) in [4.78, 5) is 18.2. The van der Waals surface area contributed by atoms with Gasteiger partial charge in [0.1, 0.15) is 0 Å². The molecule has 0 radical (unpaired) electrons. The first-order valence-corrected chi connectivity index (χ1v) is 9.95. The third-order valence-electron chi connectivity index (χ3n) is 4.11. The van der Waals surface area contributed by atoms with Gasteiger partial charge in [-0.1, -0.05) is 53.7 Å². The van der Waals surface area contributed by atoms with Crippen LogP contribution in [0.5, 0.6) is 0 Å². The van der Waals surface area contributed by atoms with E-state index in [0.29, 0.717) is 5.82 Å². The van der Waals surface area contributed by atoms with E-state index in [9.17, 15) is 13.2 Å². The van der Waals surface area contributed by atoms with Crippen LogP contribution in [0.25, 0.3) is 11.4 Å². The Morgan fingerprint density at radius 1 is 1.00 bits per heavy atom. The number of nitrogens with zero attached hydrogens (tertiary/aromatic N) is 4. The van der Waals surface area contributed by atoms with E-state index in [-0.39, 0.29) is 29.8 Å². The standard InChI is InChI=1S/C19H20N4O4S/c1-22(13-17-20-19(21-27-17)15-9-5-3-6-10-15)18(24)14-23(2)28(25,26)16-11-7-4-8-12-16/h3-12H,13-14H2,1-2H3. The second-order valence-corrected chi connectivity index (χ2v) is 8.25. The molecule has 0 aliphatic carbocycles. The lowest BCUT2D eigenvalue weighted by Gasteiger charge is -2.20. The number of benzene rings is 2. The Balaban J connectivity index is 1.63. The second kappa shape index (κ2) is 8.32. The smallest absolute Gasteiger partial charge is 0.246 e. The number of carbonyl (C=O) groups is 1. The molecule has 0 saturated heterocycles. The van der Waals surface area contributed by atoms with Gasteiger partial charge >= 0.3 is 0 Å². The first kappa shape index (κ1) is 19.7. The number of carbonyl (C=O) groups excluding carboxylic acids is 1. The van der Waals surface area contributed by atoms with Crippen molar-refractivity contribution in [3.63, 3.8) is 0 Å². The van der Waals surface area contributed by atoms with Gasteiger partial charge in [0.15, 0.2) is 0 Å². The molecule has 0 N–H and O–H groups in total. The van der Waals surface area contributed by atoms with E-state index in [0.717, 1.165) is 9.87 Å². The van der Waals surface area contributed by atoms with Crippen molar-refractivity contribution in [3.8, 4) is 11.4 Å². The Bertz CT molecular complexity index is 1040. The van der Waals surface area contributed by atoms with Crippen molar-refractivity contribution in [3.05, 3.63) is 66.6 Å². The number of aromatic nitrogens is 2. The normalized spacial score (nSPS) is 11.5. The minimum absolute atomic E-state index is 0.0812. The molecule has 3 aromatic rings. The number of likely N-dealkylation sites (N-methyl/N-ethyl adjacent to an activating group) is 2. The summed E-state index contributed by atoms with van der Waals surface area (Å²) in [6.07, 6.45) is 0. The lowest BCUT2D eigenvalue weighted by molar-refractivity contribution is -0.130. The molecule has 0 bridgehead atoms. The average molecular weight is 400 g/mol. The number of rotatable bonds is 7. The van der Waals surface area contributed by atoms with Crippen molar-refractivity contribution in [1.82, 2.24) is 19.3 Å². The molecule has 28 heavy (non-hydrogen) atoms. The van der Waals surface area contributed by atoms with E-state index >= 15 is 0 Å². The van der Waals surface area contributed by atoms with E-state index in [1.165, 1.54) is 24.1 Å². The lowest BCUT2D eigenvalue weighted by Crippen LogP contribution is -2.39. The fraction of sp³-hybridized carbons (Fsp3) is 0.211. The zero-order chi connectivity index (χ0) is 20.1. The van der Waals surface area contributed by atoms with Crippen molar-refractivity contribution >= 4 is 15.9 Å². The molecule has 0 atom stereocenters. The number of amides is 1. The SMILES string of the molecule is CN(Cc1nc(-c2ccccc2)no1)C(=O)CN(C)S(=O)(=O)c1ccccc1. The van der Waals surface area contributed by atoms with Gasteiger partial charge in [-0.2, -0.15) is 9.29 Å². The van der Waals surface area contributed by atoms with Crippen LogP contribution in [0.1, 0.15) is 5.89 Å². The summed E-state index contributed by atoms with van der Waals surface area (Å²) in [5.74, 6) is 0.310. The summed E-state index contributed by atoms with van der Waals surface area (Å²) < 4.78 is 31.3. The predicted octanol–water partition coefficient (Wildman–Crippen LogP) is 2.02. The quantitative estimate of drug-likeness (QED) is 0.602. The predicted molar refractivity (Wildman–Crippen MR) is 102 cm³/mol. The zero-order valence-electron chi connectivity index (χ0n) is 15.5. The fourth-order valence-corrected chi connectivity index (χ4v) is 3.62. The first-order chi connectivity index (χ1) is 13.4. The highest BCUT2D eigenvalue weighted by Crippen LogP contribution is 2.16. The van der Waals surface area contributed by atoms with Gasteiger partial charge in [0.2, 0.25) is 27.6 Å². The zero-order valence-corrected chi connectivity index (χ0v) is 16.3. The van der Waals surface area contributed by atoms with Gasteiger partial charge in [-0.3, -0.25) is 4.79 Å². The van der Waals surface area contributed by atoms with Gasteiger partial charge in [-0.05, 0) is 12.1 Å². The summed E-state index contributed by atoms with van der Waals surface area (Å²) in [5.41, 5.74) is 0.806. The summed E-state index contributed by atoms with van der Waals surface area (Å²) in [6.45, 7) is -0.217. The van der Waals surface area contributed by atoms with Crippen molar-refractivity contribution in [2.75, 3.05) is 20.6 Å². The minimum Gasteiger partial charge on any atom is -0.337 e. The molecule has 0 fully saturated rings. The first-order valence-electron chi connectivity index (χ1n) is 8.51. The third-order valence-corrected chi connectivity index (χ3v) is 5.93. The third kappa shape index (κ3) is 4.44. The molecule has 1 aromatic heterocycles. The molecule has 1 heterocycles. The molecule has 9 heteroatoms. The van der Waals surface area contributed by atoms with E-state index in [1.807, 2.05) is 30.3 Å². The summed E-state index contributed by atoms with van der Waals surface area (Å²) >= 11 is 0. The number of sulfonamides is 1. The minimum atomic E-state index is -3.74. The molecule has 3 rings (SSSR count). The maximum Gasteiger partial charge on any atom is 0.246 e. The van der Waals surface area contributed by atoms with E-state index < -0.39 is 10.0 Å². The maximum absolute atomic E-state index is 12.5. The second-order valence-electron chi connectivity index (χ2n) is 6.20. The Morgan fingerprint density at radius 2 is 1.61 bits per heavy atom. The van der Waals surface area contributed by atoms with Crippen LogP contribution >= 0.6 is 0 Å². The van der Waals surface area contributed by atoms with Gasteiger partial charge in [0, 0.05) is 19.7 Å². The maximum atomic E-state index is 12.5. The van der Waals surface area contributed by atoms with Gasteiger partial charge in [-0.25, -0.2) is 8.42 Å². The van der Waals surface area contributed by atoms with Crippen LogP contribution in [0.3, 0.4) is 0 Å². The molecule has 0 unspecified atom stereocenters. The van der Waals surface area contributed by atoms with Crippen LogP contribution in [0.15, 0.2) is 70.1 Å². The highest BCUT2D eigenvalue weighted by Gasteiger charge is 2.24. The lowest BCUT2D eigenvalue weighted by atomic mass is 10.2. The molecular weight excluding hydrogens is 380 g/mol. The molecule has 0 saturated carbocycles. The molecule has 0 aliphatic rings. The van der Waals surface area contributed by atoms with Gasteiger partial charge in [0.25, 0.3) is 0 Å². The molecule has 0 spiro atoms. The van der Waals surface area contributed by atoms with Crippen molar-refractivity contribution in [2.45, 2.75) is 11.4 Å². The van der Waals surface area contributed by atoms with Crippen molar-refractivity contribution in [2.24, 2.45) is 0 Å². The van der Waals surface area contributed by atoms with Crippen LogP contribution in [0.2, 0.25) is 0 Å². The van der Waals surface area contributed by atoms with Crippen molar-refractivity contribution in [1.29, 1.82) is 0 Å². The monoisotopic (exact) mass is 400 g/mol. The fourth-order valence-electron chi connectivity index (χ4n) is 2.48. The summed E-state index contributed by atoms with van der Waals surface area (Å²) in [6, 6.07) is 17.3. The highest BCUT2D eigenvalue weighted by atomic mass is 32.2. The molecular formula is C19H20N4O4S.